The molecule has 0 nitrogen and oxygen atoms in total. The van der Waals surface area contributed by atoms with Gasteiger partial charge in [0.15, 0.2) is 0 Å². The first-order valence-electron chi connectivity index (χ1n) is 10.1. The van der Waals surface area contributed by atoms with Crippen molar-refractivity contribution in [2.45, 2.75) is 125 Å². The normalized spacial score (nSPS) is 12.3. The molecule has 0 N–H and O–H groups in total. The molecular formula is C21H44. The molecule has 0 heteroatoms. The third-order valence-electron chi connectivity index (χ3n) is 5.56. The van der Waals surface area contributed by atoms with Crippen LogP contribution in [-0.4, -0.2) is 0 Å². The van der Waals surface area contributed by atoms with Crippen molar-refractivity contribution >= 4 is 0 Å². The fourth-order valence-electron chi connectivity index (χ4n) is 3.73. The number of rotatable bonds is 15. The van der Waals surface area contributed by atoms with Crippen LogP contribution in [0.4, 0.5) is 0 Å². The van der Waals surface area contributed by atoms with E-state index in [9.17, 15) is 0 Å². The van der Waals surface area contributed by atoms with E-state index in [4.69, 9.17) is 0 Å². The van der Waals surface area contributed by atoms with Gasteiger partial charge in [-0.15, -0.1) is 0 Å². The van der Waals surface area contributed by atoms with E-state index in [1.165, 1.54) is 89.9 Å². The van der Waals surface area contributed by atoms with Crippen LogP contribution < -0.4 is 0 Å². The van der Waals surface area contributed by atoms with Gasteiger partial charge in [-0.05, 0) is 30.6 Å². The minimum atomic E-state index is 0.648. The molecule has 0 atom stereocenters. The number of unbranched alkanes of at least 4 members (excludes halogenated alkanes) is 8. The molecule has 0 aromatic heterocycles. The minimum Gasteiger partial charge on any atom is -0.0654 e. The van der Waals surface area contributed by atoms with Crippen molar-refractivity contribution in [2.24, 2.45) is 11.3 Å². The Morgan fingerprint density at radius 2 is 0.905 bits per heavy atom. The highest BCUT2D eigenvalue weighted by molar-refractivity contribution is 4.82. The van der Waals surface area contributed by atoms with Crippen molar-refractivity contribution in [3.05, 3.63) is 0 Å². The van der Waals surface area contributed by atoms with E-state index in [-0.39, 0.29) is 0 Å². The van der Waals surface area contributed by atoms with Gasteiger partial charge in [0, 0.05) is 0 Å². The highest BCUT2D eigenvalue weighted by Gasteiger charge is 2.31. The van der Waals surface area contributed by atoms with Gasteiger partial charge in [0.1, 0.15) is 0 Å². The van der Waals surface area contributed by atoms with Crippen LogP contribution in [0.5, 0.6) is 0 Å². The van der Waals surface area contributed by atoms with Gasteiger partial charge in [-0.2, -0.15) is 0 Å². The van der Waals surface area contributed by atoms with E-state index in [1.807, 2.05) is 0 Å². The molecule has 0 aliphatic heterocycles. The SMILES string of the molecule is CCCCCCCCCC(CCCC)(CCCC)C(C)C. The molecule has 0 aromatic carbocycles. The van der Waals surface area contributed by atoms with Crippen LogP contribution in [0.1, 0.15) is 125 Å². The van der Waals surface area contributed by atoms with E-state index in [0.29, 0.717) is 5.41 Å². The molecule has 0 aliphatic rings. The smallest absolute Gasteiger partial charge is 0.0274 e. The van der Waals surface area contributed by atoms with Crippen molar-refractivity contribution in [1.82, 2.24) is 0 Å². The molecular weight excluding hydrogens is 252 g/mol. The summed E-state index contributed by atoms with van der Waals surface area (Å²) in [6, 6.07) is 0. The Morgan fingerprint density at radius 3 is 1.33 bits per heavy atom. The number of hydrogen-bond acceptors (Lipinski definition) is 0. The highest BCUT2D eigenvalue weighted by atomic mass is 14.4. The summed E-state index contributed by atoms with van der Waals surface area (Å²) in [7, 11) is 0. The summed E-state index contributed by atoms with van der Waals surface area (Å²) in [5.41, 5.74) is 0.648. The summed E-state index contributed by atoms with van der Waals surface area (Å²) >= 11 is 0. The molecule has 0 rings (SSSR count). The second-order valence-corrected chi connectivity index (χ2v) is 7.60. The maximum absolute atomic E-state index is 2.48. The fourth-order valence-corrected chi connectivity index (χ4v) is 3.73. The molecule has 0 fully saturated rings. The summed E-state index contributed by atoms with van der Waals surface area (Å²) in [6.07, 6.45) is 20.1. The summed E-state index contributed by atoms with van der Waals surface area (Å²) in [6.45, 7) is 12.0. The Hall–Kier alpha value is 0. The van der Waals surface area contributed by atoms with Gasteiger partial charge in [0.05, 0.1) is 0 Å². The number of hydrogen-bond donors (Lipinski definition) is 0. The third-order valence-corrected chi connectivity index (χ3v) is 5.56. The molecule has 0 bridgehead atoms. The molecule has 0 aromatic rings. The van der Waals surface area contributed by atoms with E-state index < -0.39 is 0 Å². The van der Waals surface area contributed by atoms with Crippen LogP contribution in [0, 0.1) is 11.3 Å². The average molecular weight is 297 g/mol. The monoisotopic (exact) mass is 296 g/mol. The minimum absolute atomic E-state index is 0.648. The summed E-state index contributed by atoms with van der Waals surface area (Å²) in [5, 5.41) is 0. The van der Waals surface area contributed by atoms with Gasteiger partial charge >= 0.3 is 0 Å². The lowest BCUT2D eigenvalue weighted by molar-refractivity contribution is 0.125. The largest absolute Gasteiger partial charge is 0.0654 e. The zero-order valence-electron chi connectivity index (χ0n) is 16.0. The van der Waals surface area contributed by atoms with Crippen LogP contribution >= 0.6 is 0 Å². The standard InChI is InChI=1S/C21H44/c1-6-9-12-13-14-15-16-19-21(20(4)5,17-10-7-2)18-11-8-3/h20H,6-19H2,1-5H3. The van der Waals surface area contributed by atoms with Gasteiger partial charge in [0.25, 0.3) is 0 Å². The van der Waals surface area contributed by atoms with Crippen LogP contribution in [0.3, 0.4) is 0 Å². The van der Waals surface area contributed by atoms with Crippen LogP contribution in [-0.2, 0) is 0 Å². The summed E-state index contributed by atoms with van der Waals surface area (Å²) < 4.78 is 0. The van der Waals surface area contributed by atoms with Crippen LogP contribution in [0.25, 0.3) is 0 Å². The van der Waals surface area contributed by atoms with Crippen molar-refractivity contribution in [3.63, 3.8) is 0 Å². The zero-order valence-corrected chi connectivity index (χ0v) is 16.0. The van der Waals surface area contributed by atoms with Crippen molar-refractivity contribution in [1.29, 1.82) is 0 Å². The molecule has 0 unspecified atom stereocenters. The maximum atomic E-state index is 2.48. The van der Waals surface area contributed by atoms with Crippen molar-refractivity contribution in [2.75, 3.05) is 0 Å². The Balaban J connectivity index is 4.17. The molecule has 0 radical (unpaired) electrons. The Labute approximate surface area is 136 Å². The quantitative estimate of drug-likeness (QED) is 0.267. The van der Waals surface area contributed by atoms with Gasteiger partial charge in [-0.1, -0.05) is 105 Å². The molecule has 0 saturated heterocycles. The van der Waals surface area contributed by atoms with Crippen LogP contribution in [0.2, 0.25) is 0 Å². The molecule has 0 spiro atoms. The lowest BCUT2D eigenvalue weighted by Crippen LogP contribution is -2.27. The first-order chi connectivity index (χ1) is 10.1. The van der Waals surface area contributed by atoms with E-state index in [0.717, 1.165) is 5.92 Å². The average Bonchev–Trinajstić information content (AvgIpc) is 2.48. The third kappa shape index (κ3) is 9.59. The zero-order chi connectivity index (χ0) is 16.0. The summed E-state index contributed by atoms with van der Waals surface area (Å²) in [4.78, 5) is 0. The van der Waals surface area contributed by atoms with Gasteiger partial charge in [-0.25, -0.2) is 0 Å². The Morgan fingerprint density at radius 1 is 0.524 bits per heavy atom. The predicted molar refractivity (Wildman–Crippen MR) is 98.9 cm³/mol. The molecule has 0 saturated carbocycles. The lowest BCUT2D eigenvalue weighted by Gasteiger charge is -2.38. The second kappa shape index (κ2) is 13.6. The molecule has 0 amide bonds. The topological polar surface area (TPSA) is 0 Å². The van der Waals surface area contributed by atoms with Crippen molar-refractivity contribution < 1.29 is 0 Å². The molecule has 21 heavy (non-hydrogen) atoms. The van der Waals surface area contributed by atoms with Gasteiger partial charge in [0.2, 0.25) is 0 Å². The highest BCUT2D eigenvalue weighted by Crippen LogP contribution is 2.43. The first kappa shape index (κ1) is 21.0. The Kier molecular flexibility index (Phi) is 13.6. The van der Waals surface area contributed by atoms with Crippen LogP contribution in [0.15, 0.2) is 0 Å². The van der Waals surface area contributed by atoms with Crippen molar-refractivity contribution in [3.8, 4) is 0 Å². The van der Waals surface area contributed by atoms with Gasteiger partial charge < -0.3 is 0 Å². The van der Waals surface area contributed by atoms with E-state index >= 15 is 0 Å². The fraction of sp³-hybridized carbons (Fsp3) is 1.00. The predicted octanol–water partition coefficient (Wildman–Crippen LogP) is 8.15. The second-order valence-electron chi connectivity index (χ2n) is 7.60. The lowest BCUT2D eigenvalue weighted by atomic mass is 9.67. The van der Waals surface area contributed by atoms with Gasteiger partial charge in [-0.3, -0.25) is 0 Å². The Bertz CT molecular complexity index is 196. The first-order valence-corrected chi connectivity index (χ1v) is 10.1. The molecule has 0 aliphatic carbocycles. The summed E-state index contributed by atoms with van der Waals surface area (Å²) in [5.74, 6) is 0.857. The molecule has 0 heterocycles. The van der Waals surface area contributed by atoms with E-state index in [2.05, 4.69) is 34.6 Å². The maximum Gasteiger partial charge on any atom is -0.0274 e. The molecule has 128 valence electrons. The van der Waals surface area contributed by atoms with E-state index in [1.54, 1.807) is 0 Å².